The Morgan fingerprint density at radius 1 is 0.382 bits per heavy atom. The van der Waals surface area contributed by atoms with E-state index in [1.54, 1.807) is 0 Å². The first-order chi connectivity index (χ1) is 16.2. The molecule has 0 aromatic carbocycles. The number of quaternary nitrogens is 1. The van der Waals surface area contributed by atoms with E-state index in [0.29, 0.717) is 6.61 Å². The van der Waals surface area contributed by atoms with Gasteiger partial charge in [0.25, 0.3) is 0 Å². The summed E-state index contributed by atoms with van der Waals surface area (Å²) < 4.78 is 1.09. The van der Waals surface area contributed by atoms with E-state index >= 15 is 0 Å². The standard InChI is InChI=1S/C31H66NO.ClH/c1-4-6-8-10-12-14-16-18-20-22-24-26-28-32(3,30-31-33)29-27-25-23-21-19-17-15-13-11-9-7-5-2;/h33H,4-31H2,1-3H3;1H/q+1;/p-1. The van der Waals surface area contributed by atoms with Crippen LogP contribution in [0.5, 0.6) is 0 Å². The van der Waals surface area contributed by atoms with Crippen molar-refractivity contribution < 1.29 is 22.0 Å². The van der Waals surface area contributed by atoms with Crippen LogP contribution >= 0.6 is 0 Å². The Kier molecular flexibility index (Phi) is 31.5. The number of likely N-dealkylation sites (N-methyl/N-ethyl adjacent to an activating group) is 1. The third-order valence-corrected chi connectivity index (χ3v) is 7.74. The molecule has 0 amide bonds. The molecule has 0 bridgehead atoms. The Labute approximate surface area is 223 Å². The fourth-order valence-corrected chi connectivity index (χ4v) is 5.25. The summed E-state index contributed by atoms with van der Waals surface area (Å²) >= 11 is 0. The van der Waals surface area contributed by atoms with Crippen LogP contribution < -0.4 is 12.4 Å². The molecule has 0 saturated heterocycles. The zero-order valence-corrected chi connectivity index (χ0v) is 24.8. The summed E-state index contributed by atoms with van der Waals surface area (Å²) in [6.45, 7) is 8.39. The highest BCUT2D eigenvalue weighted by atomic mass is 35.5. The number of rotatable bonds is 28. The predicted molar refractivity (Wildman–Crippen MR) is 150 cm³/mol. The summed E-state index contributed by atoms with van der Waals surface area (Å²) in [5.41, 5.74) is 0. The lowest BCUT2D eigenvalue weighted by molar-refractivity contribution is -0.910. The van der Waals surface area contributed by atoms with Crippen molar-refractivity contribution >= 4 is 0 Å². The van der Waals surface area contributed by atoms with Gasteiger partial charge >= 0.3 is 0 Å². The Morgan fingerprint density at radius 3 is 0.853 bits per heavy atom. The van der Waals surface area contributed by atoms with Gasteiger partial charge in [-0.05, 0) is 25.7 Å². The van der Waals surface area contributed by atoms with E-state index in [1.807, 2.05) is 0 Å². The van der Waals surface area contributed by atoms with Gasteiger partial charge in [-0.1, -0.05) is 142 Å². The molecule has 2 nitrogen and oxygen atoms in total. The van der Waals surface area contributed by atoms with E-state index in [2.05, 4.69) is 20.9 Å². The van der Waals surface area contributed by atoms with Gasteiger partial charge in [-0.2, -0.15) is 0 Å². The minimum absolute atomic E-state index is 0. The molecule has 0 fully saturated rings. The predicted octanol–water partition coefficient (Wildman–Crippen LogP) is 6.83. The summed E-state index contributed by atoms with van der Waals surface area (Å²) in [6, 6.07) is 0. The molecule has 3 heteroatoms. The Balaban J connectivity index is 0. The molecule has 34 heavy (non-hydrogen) atoms. The molecule has 0 rings (SSSR count). The van der Waals surface area contributed by atoms with Gasteiger partial charge in [0.1, 0.15) is 6.54 Å². The second-order valence-electron chi connectivity index (χ2n) is 11.3. The number of aliphatic hydroxyl groups excluding tert-OH is 1. The maximum atomic E-state index is 9.57. The van der Waals surface area contributed by atoms with Crippen LogP contribution in [0.2, 0.25) is 0 Å². The summed E-state index contributed by atoms with van der Waals surface area (Å²) in [6.07, 6.45) is 34.1. The highest BCUT2D eigenvalue weighted by Gasteiger charge is 2.19. The first-order valence-corrected chi connectivity index (χ1v) is 15.6. The van der Waals surface area contributed by atoms with Crippen molar-refractivity contribution in [1.29, 1.82) is 0 Å². The van der Waals surface area contributed by atoms with E-state index < -0.39 is 0 Å². The van der Waals surface area contributed by atoms with Crippen LogP contribution in [-0.4, -0.2) is 42.9 Å². The van der Waals surface area contributed by atoms with Crippen molar-refractivity contribution in [1.82, 2.24) is 0 Å². The fraction of sp³-hybridized carbons (Fsp3) is 1.00. The Bertz CT molecular complexity index is 335. The lowest BCUT2D eigenvalue weighted by Crippen LogP contribution is -3.00. The molecule has 0 heterocycles. The molecular weight excluding hydrogens is 438 g/mol. The molecule has 0 atom stereocenters. The molecule has 0 unspecified atom stereocenters. The van der Waals surface area contributed by atoms with Gasteiger partial charge < -0.3 is 22.0 Å². The monoisotopic (exact) mass is 503 g/mol. The first-order valence-electron chi connectivity index (χ1n) is 15.6. The number of nitrogens with zero attached hydrogens (tertiary/aromatic N) is 1. The highest BCUT2D eigenvalue weighted by molar-refractivity contribution is 4.52. The third kappa shape index (κ3) is 26.8. The molecule has 0 aromatic heterocycles. The number of unbranched alkanes of at least 4 members (excludes halogenated alkanes) is 22. The van der Waals surface area contributed by atoms with Gasteiger partial charge in [-0.15, -0.1) is 0 Å². The minimum Gasteiger partial charge on any atom is -1.00 e. The van der Waals surface area contributed by atoms with Crippen molar-refractivity contribution in [2.75, 3.05) is 33.3 Å². The van der Waals surface area contributed by atoms with Crippen molar-refractivity contribution in [3.8, 4) is 0 Å². The van der Waals surface area contributed by atoms with Crippen molar-refractivity contribution in [2.24, 2.45) is 0 Å². The lowest BCUT2D eigenvalue weighted by atomic mass is 10.0. The van der Waals surface area contributed by atoms with E-state index in [-0.39, 0.29) is 12.4 Å². The number of hydrogen-bond donors (Lipinski definition) is 1. The number of halogens is 1. The first kappa shape index (κ1) is 36.4. The van der Waals surface area contributed by atoms with E-state index in [1.165, 1.54) is 167 Å². The Hall–Kier alpha value is 0.210. The van der Waals surface area contributed by atoms with Gasteiger partial charge in [-0.25, -0.2) is 0 Å². The van der Waals surface area contributed by atoms with Crippen LogP contribution in [0.3, 0.4) is 0 Å². The smallest absolute Gasteiger partial charge is 0.102 e. The SMILES string of the molecule is CCCCCCCCCCCCCC[N+](C)(CCO)CCCCCCCCCCCCCC.[Cl-]. The fourth-order valence-electron chi connectivity index (χ4n) is 5.25. The molecule has 0 aliphatic carbocycles. The van der Waals surface area contributed by atoms with Crippen molar-refractivity contribution in [3.05, 3.63) is 0 Å². The zero-order chi connectivity index (χ0) is 24.3. The molecule has 1 N–H and O–H groups in total. The zero-order valence-electron chi connectivity index (χ0n) is 24.1. The molecule has 208 valence electrons. The summed E-state index contributed by atoms with van der Waals surface area (Å²) in [5.74, 6) is 0. The maximum absolute atomic E-state index is 9.57. The van der Waals surface area contributed by atoms with Crippen LogP contribution in [0, 0.1) is 0 Å². The van der Waals surface area contributed by atoms with Crippen LogP contribution in [0.1, 0.15) is 168 Å². The van der Waals surface area contributed by atoms with Gasteiger partial charge in [-0.3, -0.25) is 0 Å². The minimum atomic E-state index is 0. The van der Waals surface area contributed by atoms with E-state index in [0.717, 1.165) is 11.0 Å². The van der Waals surface area contributed by atoms with Gasteiger partial charge in [0.2, 0.25) is 0 Å². The van der Waals surface area contributed by atoms with Crippen LogP contribution in [0.15, 0.2) is 0 Å². The second-order valence-corrected chi connectivity index (χ2v) is 11.3. The van der Waals surface area contributed by atoms with E-state index in [9.17, 15) is 5.11 Å². The molecule has 0 aromatic rings. The molecular formula is C31H66ClNO. The van der Waals surface area contributed by atoms with Crippen molar-refractivity contribution in [3.63, 3.8) is 0 Å². The van der Waals surface area contributed by atoms with Gasteiger partial charge in [0.15, 0.2) is 0 Å². The lowest BCUT2D eigenvalue weighted by Gasteiger charge is -2.34. The van der Waals surface area contributed by atoms with Crippen LogP contribution in [-0.2, 0) is 0 Å². The largest absolute Gasteiger partial charge is 1.00 e. The number of aliphatic hydroxyl groups is 1. The van der Waals surface area contributed by atoms with Gasteiger partial charge in [0, 0.05) is 0 Å². The van der Waals surface area contributed by atoms with Crippen LogP contribution in [0.25, 0.3) is 0 Å². The Morgan fingerprint density at radius 2 is 0.618 bits per heavy atom. The summed E-state index contributed by atoms with van der Waals surface area (Å²) in [4.78, 5) is 0. The van der Waals surface area contributed by atoms with Crippen molar-refractivity contribution in [2.45, 2.75) is 168 Å². The third-order valence-electron chi connectivity index (χ3n) is 7.74. The summed E-state index contributed by atoms with van der Waals surface area (Å²) in [7, 11) is 2.38. The topological polar surface area (TPSA) is 20.2 Å². The van der Waals surface area contributed by atoms with E-state index in [4.69, 9.17) is 0 Å². The molecule has 0 saturated carbocycles. The summed E-state index contributed by atoms with van der Waals surface area (Å²) in [5, 5.41) is 9.57. The normalized spacial score (nSPS) is 11.6. The number of hydrogen-bond acceptors (Lipinski definition) is 1. The average Bonchev–Trinajstić information content (AvgIpc) is 2.81. The maximum Gasteiger partial charge on any atom is 0.102 e. The molecule has 0 aliphatic rings. The molecule has 0 aliphatic heterocycles. The average molecular weight is 504 g/mol. The van der Waals surface area contributed by atoms with Crippen LogP contribution in [0.4, 0.5) is 0 Å². The second kappa shape index (κ2) is 29.4. The molecule has 0 spiro atoms. The molecule has 0 radical (unpaired) electrons. The quantitative estimate of drug-likeness (QED) is 0.0915. The highest BCUT2D eigenvalue weighted by Crippen LogP contribution is 2.16. The van der Waals surface area contributed by atoms with Gasteiger partial charge in [0.05, 0.1) is 26.7 Å².